The van der Waals surface area contributed by atoms with Crippen molar-refractivity contribution in [2.24, 2.45) is 11.3 Å². The monoisotopic (exact) mass is 251 g/mol. The Hall–Kier alpha value is -0.0400. The topological polar surface area (TPSA) is 12.0 Å². The smallest absolute Gasteiger partial charge is 0.00684 e. The van der Waals surface area contributed by atoms with Gasteiger partial charge in [0.15, 0.2) is 0 Å². The molecule has 0 aliphatic heterocycles. The molecule has 1 nitrogen and oxygen atoms in total. The van der Waals surface area contributed by atoms with E-state index in [9.17, 15) is 0 Å². The second kappa shape index (κ2) is 6.93. The third-order valence-electron chi connectivity index (χ3n) is 5.35. The van der Waals surface area contributed by atoms with Gasteiger partial charge in [0.05, 0.1) is 0 Å². The molecule has 2 aliphatic rings. The van der Waals surface area contributed by atoms with Gasteiger partial charge >= 0.3 is 0 Å². The number of rotatable bonds is 9. The zero-order valence-corrected chi connectivity index (χ0v) is 12.6. The van der Waals surface area contributed by atoms with E-state index in [0.717, 1.165) is 12.0 Å². The molecule has 1 atom stereocenters. The lowest BCUT2D eigenvalue weighted by molar-refractivity contribution is 0.174. The molecule has 0 saturated heterocycles. The van der Waals surface area contributed by atoms with Crippen LogP contribution in [-0.4, -0.2) is 12.6 Å². The summed E-state index contributed by atoms with van der Waals surface area (Å²) in [5.41, 5.74) is 0.619. The second-order valence-corrected chi connectivity index (χ2v) is 6.97. The molecule has 0 heterocycles. The summed E-state index contributed by atoms with van der Waals surface area (Å²) in [4.78, 5) is 0. The van der Waals surface area contributed by atoms with E-state index in [2.05, 4.69) is 19.2 Å². The molecule has 2 fully saturated rings. The fourth-order valence-electron chi connectivity index (χ4n) is 3.74. The molecule has 0 amide bonds. The van der Waals surface area contributed by atoms with Gasteiger partial charge in [0.25, 0.3) is 0 Å². The van der Waals surface area contributed by atoms with Crippen LogP contribution < -0.4 is 5.32 Å². The Bertz CT molecular complexity index is 228. The van der Waals surface area contributed by atoms with Gasteiger partial charge in [-0.25, -0.2) is 0 Å². The average molecular weight is 251 g/mol. The maximum absolute atomic E-state index is 3.83. The van der Waals surface area contributed by atoms with Crippen molar-refractivity contribution in [2.45, 2.75) is 90.5 Å². The Morgan fingerprint density at radius 2 is 1.78 bits per heavy atom. The Labute approximate surface area is 114 Å². The predicted octanol–water partition coefficient (Wildman–Crippen LogP) is 4.91. The van der Waals surface area contributed by atoms with Crippen LogP contribution in [0.3, 0.4) is 0 Å². The summed E-state index contributed by atoms with van der Waals surface area (Å²) in [7, 11) is 0. The molecule has 106 valence electrons. The van der Waals surface area contributed by atoms with E-state index in [-0.39, 0.29) is 0 Å². The highest BCUT2D eigenvalue weighted by Gasteiger charge is 2.33. The minimum Gasteiger partial charge on any atom is -0.313 e. The summed E-state index contributed by atoms with van der Waals surface area (Å²) in [6.45, 7) is 6.06. The third-order valence-corrected chi connectivity index (χ3v) is 5.35. The van der Waals surface area contributed by atoms with Crippen LogP contribution in [-0.2, 0) is 0 Å². The molecule has 2 aliphatic carbocycles. The van der Waals surface area contributed by atoms with Crippen molar-refractivity contribution in [3.8, 4) is 0 Å². The first kappa shape index (κ1) is 14.4. The number of unbranched alkanes of at least 4 members (excludes halogenated alkanes) is 1. The van der Waals surface area contributed by atoms with Crippen molar-refractivity contribution in [3.63, 3.8) is 0 Å². The Morgan fingerprint density at radius 1 is 1.06 bits per heavy atom. The third kappa shape index (κ3) is 4.26. The maximum Gasteiger partial charge on any atom is 0.00684 e. The van der Waals surface area contributed by atoms with E-state index >= 15 is 0 Å². The molecule has 0 aromatic carbocycles. The number of nitrogens with one attached hydrogen (secondary N) is 1. The first-order valence-electron chi connectivity index (χ1n) is 8.51. The molecule has 18 heavy (non-hydrogen) atoms. The number of hydrogen-bond donors (Lipinski definition) is 1. The highest BCUT2D eigenvalue weighted by molar-refractivity contribution is 4.89. The summed E-state index contributed by atoms with van der Waals surface area (Å²) in [5, 5.41) is 3.83. The van der Waals surface area contributed by atoms with Crippen LogP contribution in [0, 0.1) is 11.3 Å². The lowest BCUT2D eigenvalue weighted by Crippen LogP contribution is -2.36. The van der Waals surface area contributed by atoms with E-state index in [1.165, 1.54) is 77.2 Å². The minimum atomic E-state index is 0.619. The van der Waals surface area contributed by atoms with E-state index in [1.54, 1.807) is 0 Å². The molecular weight excluding hydrogens is 218 g/mol. The first-order valence-corrected chi connectivity index (χ1v) is 8.51. The van der Waals surface area contributed by atoms with E-state index < -0.39 is 0 Å². The molecule has 0 spiro atoms. The van der Waals surface area contributed by atoms with Crippen LogP contribution in [0.5, 0.6) is 0 Å². The second-order valence-electron chi connectivity index (χ2n) is 6.97. The Morgan fingerprint density at radius 3 is 2.33 bits per heavy atom. The van der Waals surface area contributed by atoms with Gasteiger partial charge in [-0.05, 0) is 43.4 Å². The van der Waals surface area contributed by atoms with Crippen LogP contribution in [0.25, 0.3) is 0 Å². The van der Waals surface area contributed by atoms with Gasteiger partial charge in [-0.15, -0.1) is 0 Å². The lowest BCUT2D eigenvalue weighted by atomic mass is 9.73. The summed E-state index contributed by atoms with van der Waals surface area (Å²) < 4.78 is 0. The fourth-order valence-corrected chi connectivity index (χ4v) is 3.74. The largest absolute Gasteiger partial charge is 0.313 e. The summed E-state index contributed by atoms with van der Waals surface area (Å²) in [5.74, 6) is 1.04. The van der Waals surface area contributed by atoms with Crippen molar-refractivity contribution in [3.05, 3.63) is 0 Å². The minimum absolute atomic E-state index is 0.619. The van der Waals surface area contributed by atoms with E-state index in [0.29, 0.717) is 5.41 Å². The average Bonchev–Trinajstić information content (AvgIpc) is 3.10. The fraction of sp³-hybridized carbons (Fsp3) is 1.00. The zero-order valence-electron chi connectivity index (χ0n) is 12.6. The molecule has 2 saturated carbocycles. The molecule has 0 aromatic rings. The molecule has 0 aromatic heterocycles. The maximum atomic E-state index is 3.83. The van der Waals surface area contributed by atoms with Crippen molar-refractivity contribution >= 4 is 0 Å². The quantitative estimate of drug-likeness (QED) is 0.614. The summed E-state index contributed by atoms with van der Waals surface area (Å²) >= 11 is 0. The van der Waals surface area contributed by atoms with Gasteiger partial charge in [0.2, 0.25) is 0 Å². The lowest BCUT2D eigenvalue weighted by Gasteiger charge is -2.36. The first-order chi connectivity index (χ1) is 8.78. The molecule has 1 N–H and O–H groups in total. The molecule has 2 rings (SSSR count). The van der Waals surface area contributed by atoms with Crippen molar-refractivity contribution in [2.75, 3.05) is 6.54 Å². The van der Waals surface area contributed by atoms with Crippen LogP contribution >= 0.6 is 0 Å². The SMILES string of the molecule is CCCCC(CC)(CNC1CC1)CC1CCCC1. The molecule has 0 radical (unpaired) electrons. The molecule has 1 unspecified atom stereocenters. The van der Waals surface area contributed by atoms with Crippen LogP contribution in [0.1, 0.15) is 84.5 Å². The van der Waals surface area contributed by atoms with Crippen LogP contribution in [0.2, 0.25) is 0 Å². The van der Waals surface area contributed by atoms with Gasteiger partial charge in [0.1, 0.15) is 0 Å². The highest BCUT2D eigenvalue weighted by Crippen LogP contribution is 2.41. The Balaban J connectivity index is 1.87. The standard InChI is InChI=1S/C17H33N/c1-3-5-12-17(4-2,14-18-16-10-11-16)13-15-8-6-7-9-15/h15-16,18H,3-14H2,1-2H3. The molecular formula is C17H33N. The van der Waals surface area contributed by atoms with Crippen LogP contribution in [0.4, 0.5) is 0 Å². The van der Waals surface area contributed by atoms with Crippen molar-refractivity contribution < 1.29 is 0 Å². The van der Waals surface area contributed by atoms with Gasteiger partial charge in [0, 0.05) is 12.6 Å². The summed E-state index contributed by atoms with van der Waals surface area (Å²) in [6, 6.07) is 0.876. The predicted molar refractivity (Wildman–Crippen MR) is 79.8 cm³/mol. The van der Waals surface area contributed by atoms with Gasteiger partial charge in [-0.2, -0.15) is 0 Å². The van der Waals surface area contributed by atoms with Crippen molar-refractivity contribution in [1.82, 2.24) is 5.32 Å². The van der Waals surface area contributed by atoms with Gasteiger partial charge in [-0.1, -0.05) is 52.4 Å². The molecule has 1 heteroatoms. The van der Waals surface area contributed by atoms with Gasteiger partial charge in [-0.3, -0.25) is 0 Å². The normalized spacial score (nSPS) is 24.3. The number of hydrogen-bond acceptors (Lipinski definition) is 1. The van der Waals surface area contributed by atoms with E-state index in [1.807, 2.05) is 0 Å². The molecule has 0 bridgehead atoms. The van der Waals surface area contributed by atoms with E-state index in [4.69, 9.17) is 0 Å². The van der Waals surface area contributed by atoms with Crippen molar-refractivity contribution in [1.29, 1.82) is 0 Å². The van der Waals surface area contributed by atoms with Crippen LogP contribution in [0.15, 0.2) is 0 Å². The summed E-state index contributed by atoms with van der Waals surface area (Å²) in [6.07, 6.45) is 16.0. The highest BCUT2D eigenvalue weighted by atomic mass is 15.0. The zero-order chi connectivity index (χ0) is 12.8. The van der Waals surface area contributed by atoms with Gasteiger partial charge < -0.3 is 5.32 Å². The Kier molecular flexibility index (Phi) is 5.54.